The van der Waals surface area contributed by atoms with Gasteiger partial charge in [0.2, 0.25) is 0 Å². The van der Waals surface area contributed by atoms with Gasteiger partial charge in [0.1, 0.15) is 10.0 Å². The lowest BCUT2D eigenvalue weighted by Gasteiger charge is -2.09. The smallest absolute Gasteiger partial charge is 0.416 e. The molecule has 0 saturated heterocycles. The fraction of sp³-hybridized carbons (Fsp3) is 0. The van der Waals surface area contributed by atoms with Crippen LogP contribution in [-0.4, -0.2) is 11.9 Å². The van der Waals surface area contributed by atoms with E-state index in [1.165, 1.54) is 24.3 Å². The minimum absolute atomic E-state index is 0.0236. The van der Waals surface area contributed by atoms with Crippen LogP contribution in [0.5, 0.6) is 11.5 Å². The van der Waals surface area contributed by atoms with Crippen LogP contribution in [-0.2, 0) is 9.59 Å². The van der Waals surface area contributed by atoms with Crippen LogP contribution in [0.2, 0.25) is 30.1 Å². The first-order valence-corrected chi connectivity index (χ1v) is 8.20. The van der Waals surface area contributed by atoms with E-state index in [0.29, 0.717) is 0 Å². The molecule has 2 rings (SSSR count). The summed E-state index contributed by atoms with van der Waals surface area (Å²) in [4.78, 5) is 23.6. The molecule has 0 heterocycles. The van der Waals surface area contributed by atoms with Gasteiger partial charge in [-0.05, 0) is 24.3 Å². The molecule has 0 atom stereocenters. The fourth-order valence-electron chi connectivity index (χ4n) is 1.46. The molecule has 0 N–H and O–H groups in total. The average Bonchev–Trinajstić information content (AvgIpc) is 2.55. The lowest BCUT2D eigenvalue weighted by atomic mass is 10.3. The van der Waals surface area contributed by atoms with E-state index in [1.807, 2.05) is 0 Å². The van der Waals surface area contributed by atoms with E-state index in [4.69, 9.17) is 79.1 Å². The Kier molecular flexibility index (Phi) is 6.48. The molecular weight excluding hydrogens is 445 g/mol. The molecule has 0 bridgehead atoms. The summed E-state index contributed by atoms with van der Waals surface area (Å²) in [5.41, 5.74) is 0. The van der Waals surface area contributed by atoms with Gasteiger partial charge in [0.15, 0.2) is 11.5 Å². The Labute approximate surface area is 166 Å². The molecule has 10 heteroatoms. The van der Waals surface area contributed by atoms with Gasteiger partial charge < -0.3 is 9.47 Å². The van der Waals surface area contributed by atoms with Gasteiger partial charge >= 0.3 is 11.9 Å². The number of rotatable bonds is 2. The van der Waals surface area contributed by atoms with Crippen molar-refractivity contribution in [3.05, 3.63) is 54.4 Å². The lowest BCUT2D eigenvalue weighted by molar-refractivity contribution is -0.156. The number of hydrogen-bond acceptors (Lipinski definition) is 4. The second kappa shape index (κ2) is 8.00. The van der Waals surface area contributed by atoms with Crippen molar-refractivity contribution in [1.29, 1.82) is 0 Å². The quantitative estimate of drug-likeness (QED) is 0.240. The number of hydrogen-bond donors (Lipinski definition) is 0. The van der Waals surface area contributed by atoms with E-state index in [2.05, 4.69) is 0 Å². The highest BCUT2D eigenvalue weighted by Crippen LogP contribution is 2.38. The predicted molar refractivity (Wildman–Crippen MR) is 94.2 cm³/mol. The first kappa shape index (κ1) is 19.4. The van der Waals surface area contributed by atoms with Gasteiger partial charge in [-0.1, -0.05) is 69.6 Å². The Balaban J connectivity index is 2.15. The molecule has 0 fully saturated rings. The Morgan fingerprint density at radius 2 is 0.917 bits per heavy atom. The van der Waals surface area contributed by atoms with Crippen molar-refractivity contribution in [2.45, 2.75) is 0 Å². The van der Waals surface area contributed by atoms with Crippen molar-refractivity contribution < 1.29 is 19.1 Å². The van der Waals surface area contributed by atoms with Crippen LogP contribution in [0.3, 0.4) is 0 Å². The summed E-state index contributed by atoms with van der Waals surface area (Å²) < 4.78 is 9.64. The summed E-state index contributed by atoms with van der Waals surface area (Å²) in [5, 5.41) is 0.0167. The van der Waals surface area contributed by atoms with Crippen molar-refractivity contribution in [1.82, 2.24) is 0 Å². The van der Waals surface area contributed by atoms with Crippen LogP contribution in [0.4, 0.5) is 0 Å². The van der Waals surface area contributed by atoms with Gasteiger partial charge in [-0.15, -0.1) is 0 Å². The Morgan fingerprint density at radius 3 is 1.25 bits per heavy atom. The predicted octanol–water partition coefficient (Wildman–Crippen LogP) is 6.12. The van der Waals surface area contributed by atoms with Crippen LogP contribution in [0.1, 0.15) is 0 Å². The molecule has 0 amide bonds. The molecule has 0 aliphatic rings. The monoisotopic (exact) mass is 446 g/mol. The van der Waals surface area contributed by atoms with Gasteiger partial charge in [0, 0.05) is 0 Å². The molecule has 24 heavy (non-hydrogen) atoms. The third kappa shape index (κ3) is 4.20. The number of halogens is 6. The summed E-state index contributed by atoms with van der Waals surface area (Å²) in [5.74, 6) is -3.02. The molecule has 0 aliphatic carbocycles. The molecule has 2 aromatic rings. The standard InChI is InChI=1S/C14H4Cl6O4/c15-5-1-3-7(11(19)9(5)17)23-13(21)14(22)24-8-4-2-6(16)10(18)12(8)20/h1-4H. The number of ether oxygens (including phenoxy) is 2. The topological polar surface area (TPSA) is 52.6 Å². The number of benzene rings is 2. The summed E-state index contributed by atoms with van der Waals surface area (Å²) in [6.45, 7) is 0. The molecule has 0 unspecified atom stereocenters. The van der Waals surface area contributed by atoms with E-state index in [0.717, 1.165) is 0 Å². The maximum atomic E-state index is 11.8. The second-order valence-electron chi connectivity index (χ2n) is 4.13. The third-order valence-electron chi connectivity index (χ3n) is 2.57. The normalized spacial score (nSPS) is 10.4. The van der Waals surface area contributed by atoms with Crippen LogP contribution in [0.15, 0.2) is 24.3 Å². The summed E-state index contributed by atoms with van der Waals surface area (Å²) in [6.07, 6.45) is 0. The Hall–Kier alpha value is -0.880. The summed E-state index contributed by atoms with van der Waals surface area (Å²) in [7, 11) is 0. The molecule has 0 aromatic heterocycles. The summed E-state index contributed by atoms with van der Waals surface area (Å²) in [6, 6.07) is 5.24. The molecule has 126 valence electrons. The number of carbonyl (C=O) groups is 2. The van der Waals surface area contributed by atoms with Crippen LogP contribution in [0, 0.1) is 0 Å². The molecule has 0 spiro atoms. The Morgan fingerprint density at radius 1 is 0.583 bits per heavy atom. The zero-order valence-electron chi connectivity index (χ0n) is 11.2. The van der Waals surface area contributed by atoms with Gasteiger partial charge in [-0.2, -0.15) is 0 Å². The molecule has 0 radical (unpaired) electrons. The van der Waals surface area contributed by atoms with Crippen molar-refractivity contribution in [3.8, 4) is 11.5 Å². The molecule has 0 saturated carbocycles. The van der Waals surface area contributed by atoms with Crippen molar-refractivity contribution in [3.63, 3.8) is 0 Å². The van der Waals surface area contributed by atoms with Gasteiger partial charge in [-0.3, -0.25) is 0 Å². The van der Waals surface area contributed by atoms with Crippen LogP contribution in [0.25, 0.3) is 0 Å². The largest absolute Gasteiger partial charge is 0.423 e. The summed E-state index contributed by atoms with van der Waals surface area (Å²) >= 11 is 34.9. The van der Waals surface area contributed by atoms with E-state index < -0.39 is 11.9 Å². The molecular formula is C14H4Cl6O4. The lowest BCUT2D eigenvalue weighted by Crippen LogP contribution is -2.25. The van der Waals surface area contributed by atoms with Crippen molar-refractivity contribution in [2.75, 3.05) is 0 Å². The first-order valence-electron chi connectivity index (χ1n) is 5.93. The molecule has 0 aliphatic heterocycles. The van der Waals surface area contributed by atoms with Crippen molar-refractivity contribution in [2.24, 2.45) is 0 Å². The van der Waals surface area contributed by atoms with Gasteiger partial charge in [0.25, 0.3) is 0 Å². The zero-order valence-corrected chi connectivity index (χ0v) is 15.7. The van der Waals surface area contributed by atoms with Crippen molar-refractivity contribution >= 4 is 81.5 Å². The SMILES string of the molecule is O=C(Oc1ccc(Cl)c(Cl)c1Cl)C(=O)Oc1ccc(Cl)c(Cl)c1Cl. The molecule has 4 nitrogen and oxygen atoms in total. The number of esters is 2. The maximum Gasteiger partial charge on any atom is 0.423 e. The highest BCUT2D eigenvalue weighted by Gasteiger charge is 2.23. The van der Waals surface area contributed by atoms with E-state index in [1.54, 1.807) is 0 Å². The minimum atomic E-state index is -1.35. The first-order chi connectivity index (χ1) is 11.2. The van der Waals surface area contributed by atoms with E-state index in [9.17, 15) is 9.59 Å². The second-order valence-corrected chi connectivity index (χ2v) is 6.45. The van der Waals surface area contributed by atoms with Crippen LogP contribution < -0.4 is 9.47 Å². The highest BCUT2D eigenvalue weighted by molar-refractivity contribution is 6.49. The average molecular weight is 449 g/mol. The minimum Gasteiger partial charge on any atom is -0.416 e. The number of carbonyl (C=O) groups excluding carboxylic acids is 2. The van der Waals surface area contributed by atoms with E-state index >= 15 is 0 Å². The van der Waals surface area contributed by atoms with Gasteiger partial charge in [0.05, 0.1) is 20.1 Å². The zero-order chi connectivity index (χ0) is 18.0. The molecule has 2 aromatic carbocycles. The Bertz CT molecular complexity index is 767. The maximum absolute atomic E-state index is 11.8. The highest BCUT2D eigenvalue weighted by atomic mass is 35.5. The third-order valence-corrected chi connectivity index (χ3v) is 5.12. The van der Waals surface area contributed by atoms with Crippen LogP contribution >= 0.6 is 69.6 Å². The van der Waals surface area contributed by atoms with E-state index in [-0.39, 0.29) is 41.6 Å². The van der Waals surface area contributed by atoms with Gasteiger partial charge in [-0.25, -0.2) is 9.59 Å². The fourth-order valence-corrected chi connectivity index (χ4v) is 2.59.